The van der Waals surface area contributed by atoms with E-state index in [9.17, 15) is 4.79 Å². The lowest BCUT2D eigenvalue weighted by Crippen LogP contribution is -2.31. The number of nitrogens with zero attached hydrogens (tertiary/aromatic N) is 2. The van der Waals surface area contributed by atoms with Gasteiger partial charge in [0.05, 0.1) is 12.8 Å². The van der Waals surface area contributed by atoms with Crippen LogP contribution in [0.3, 0.4) is 0 Å². The molecule has 1 aromatic heterocycles. The lowest BCUT2D eigenvalue weighted by atomic mass is 10.2. The number of methoxy groups -OCH3 is 1. The average molecular weight is 297 g/mol. The second-order valence-electron chi connectivity index (χ2n) is 5.35. The van der Waals surface area contributed by atoms with Crippen LogP contribution in [0, 0.1) is 0 Å². The van der Waals surface area contributed by atoms with Crippen molar-refractivity contribution in [1.29, 1.82) is 0 Å². The Bertz CT molecular complexity index is 645. The first-order valence-electron chi connectivity index (χ1n) is 7.36. The third-order valence-electron chi connectivity index (χ3n) is 3.82. The molecule has 0 spiro atoms. The fraction of sp³-hybridized carbons (Fsp3) is 0.294. The summed E-state index contributed by atoms with van der Waals surface area (Å²) in [5.74, 6) is 0.754. The molecule has 2 heterocycles. The van der Waals surface area contributed by atoms with Gasteiger partial charge in [-0.25, -0.2) is 0 Å². The minimum Gasteiger partial charge on any atom is -0.497 e. The molecule has 5 heteroatoms. The highest BCUT2D eigenvalue weighted by Gasteiger charge is 2.27. The van der Waals surface area contributed by atoms with Gasteiger partial charge in [-0.05, 0) is 36.8 Å². The van der Waals surface area contributed by atoms with Crippen molar-refractivity contribution in [3.63, 3.8) is 0 Å². The van der Waals surface area contributed by atoms with E-state index in [0.29, 0.717) is 17.9 Å². The van der Waals surface area contributed by atoms with Crippen LogP contribution in [0.25, 0.3) is 0 Å². The summed E-state index contributed by atoms with van der Waals surface area (Å²) in [5, 5.41) is 3.42. The smallest absolute Gasteiger partial charge is 0.254 e. The van der Waals surface area contributed by atoms with Crippen LogP contribution >= 0.6 is 0 Å². The largest absolute Gasteiger partial charge is 0.497 e. The van der Waals surface area contributed by atoms with Gasteiger partial charge >= 0.3 is 0 Å². The Morgan fingerprint density at radius 1 is 1.36 bits per heavy atom. The number of carbonyl (C=O) groups excluding carboxylic acids is 1. The van der Waals surface area contributed by atoms with Gasteiger partial charge in [-0.2, -0.15) is 0 Å². The molecule has 1 aliphatic rings. The zero-order valence-electron chi connectivity index (χ0n) is 12.5. The first kappa shape index (κ1) is 14.4. The Labute approximate surface area is 129 Å². The molecule has 1 saturated heterocycles. The maximum Gasteiger partial charge on any atom is 0.254 e. The van der Waals surface area contributed by atoms with Crippen molar-refractivity contribution in [3.05, 3.63) is 54.4 Å². The fourth-order valence-electron chi connectivity index (χ4n) is 2.69. The Hall–Kier alpha value is -2.56. The molecule has 1 aliphatic heterocycles. The fourth-order valence-corrected chi connectivity index (χ4v) is 2.69. The van der Waals surface area contributed by atoms with Crippen molar-refractivity contribution in [2.45, 2.75) is 12.5 Å². The molecular weight excluding hydrogens is 278 g/mol. The number of aromatic nitrogens is 1. The maximum atomic E-state index is 12.5. The van der Waals surface area contributed by atoms with Crippen molar-refractivity contribution in [2.75, 3.05) is 25.5 Å². The summed E-state index contributed by atoms with van der Waals surface area (Å²) in [6.07, 6.45) is 4.48. The highest BCUT2D eigenvalue weighted by Crippen LogP contribution is 2.19. The second-order valence-corrected chi connectivity index (χ2v) is 5.35. The average Bonchev–Trinajstić information content (AvgIpc) is 3.03. The summed E-state index contributed by atoms with van der Waals surface area (Å²) in [6, 6.07) is 11.4. The van der Waals surface area contributed by atoms with Gasteiger partial charge in [0.15, 0.2) is 0 Å². The van der Waals surface area contributed by atoms with Crippen LogP contribution in [-0.2, 0) is 0 Å². The molecule has 0 aliphatic carbocycles. The number of benzene rings is 1. The zero-order chi connectivity index (χ0) is 15.4. The van der Waals surface area contributed by atoms with Crippen LogP contribution in [0.2, 0.25) is 0 Å². The molecule has 3 rings (SSSR count). The second kappa shape index (κ2) is 6.47. The number of likely N-dealkylation sites (tertiary alicyclic amines) is 1. The normalized spacial score (nSPS) is 17.3. The Balaban J connectivity index is 1.63. The van der Waals surface area contributed by atoms with Crippen molar-refractivity contribution in [2.24, 2.45) is 0 Å². The number of rotatable bonds is 4. The lowest BCUT2D eigenvalue weighted by molar-refractivity contribution is 0.0791. The van der Waals surface area contributed by atoms with E-state index in [1.54, 1.807) is 25.6 Å². The van der Waals surface area contributed by atoms with Crippen LogP contribution in [0.4, 0.5) is 5.69 Å². The van der Waals surface area contributed by atoms with Gasteiger partial charge in [-0.3, -0.25) is 9.78 Å². The monoisotopic (exact) mass is 297 g/mol. The van der Waals surface area contributed by atoms with Crippen molar-refractivity contribution in [3.8, 4) is 5.75 Å². The molecule has 1 amide bonds. The van der Waals surface area contributed by atoms with Gasteiger partial charge in [0.2, 0.25) is 0 Å². The molecule has 0 unspecified atom stereocenters. The van der Waals surface area contributed by atoms with E-state index in [-0.39, 0.29) is 11.9 Å². The SMILES string of the molecule is COc1cccc(C(=O)N2CC[C@H](Nc3cccnc3)C2)c1. The van der Waals surface area contributed by atoms with E-state index in [1.165, 1.54) is 0 Å². The van der Waals surface area contributed by atoms with E-state index >= 15 is 0 Å². The molecule has 22 heavy (non-hydrogen) atoms. The van der Waals surface area contributed by atoms with Gasteiger partial charge in [-0.1, -0.05) is 6.07 Å². The van der Waals surface area contributed by atoms with E-state index in [4.69, 9.17) is 4.74 Å². The highest BCUT2D eigenvalue weighted by molar-refractivity contribution is 5.94. The van der Waals surface area contributed by atoms with Crippen LogP contribution in [-0.4, -0.2) is 42.0 Å². The minimum atomic E-state index is 0.0504. The van der Waals surface area contributed by atoms with E-state index < -0.39 is 0 Å². The summed E-state index contributed by atoms with van der Waals surface area (Å²) < 4.78 is 5.18. The molecule has 1 aromatic carbocycles. The maximum absolute atomic E-state index is 12.5. The highest BCUT2D eigenvalue weighted by atomic mass is 16.5. The van der Waals surface area contributed by atoms with Gasteiger partial charge in [0.1, 0.15) is 5.75 Å². The Morgan fingerprint density at radius 3 is 3.05 bits per heavy atom. The predicted octanol–water partition coefficient (Wildman–Crippen LogP) is 2.42. The molecule has 1 atom stereocenters. The topological polar surface area (TPSA) is 54.5 Å². The zero-order valence-corrected chi connectivity index (χ0v) is 12.5. The van der Waals surface area contributed by atoms with Gasteiger partial charge in [0.25, 0.3) is 5.91 Å². The first-order valence-corrected chi connectivity index (χ1v) is 7.36. The number of anilines is 1. The molecular formula is C17H19N3O2. The lowest BCUT2D eigenvalue weighted by Gasteiger charge is -2.18. The van der Waals surface area contributed by atoms with Crippen LogP contribution in [0.15, 0.2) is 48.8 Å². The molecule has 1 fully saturated rings. The van der Waals surface area contributed by atoms with Crippen molar-refractivity contribution in [1.82, 2.24) is 9.88 Å². The van der Waals surface area contributed by atoms with Gasteiger partial charge < -0.3 is 15.0 Å². The summed E-state index contributed by atoms with van der Waals surface area (Å²) in [7, 11) is 1.60. The van der Waals surface area contributed by atoms with Crippen LogP contribution < -0.4 is 10.1 Å². The summed E-state index contributed by atoms with van der Waals surface area (Å²) in [4.78, 5) is 18.5. The van der Waals surface area contributed by atoms with Crippen LogP contribution in [0.5, 0.6) is 5.75 Å². The number of carbonyl (C=O) groups is 1. The molecule has 0 radical (unpaired) electrons. The number of amides is 1. The van der Waals surface area contributed by atoms with Gasteiger partial charge in [0, 0.05) is 37.1 Å². The molecule has 2 aromatic rings. The Morgan fingerprint density at radius 2 is 2.27 bits per heavy atom. The van der Waals surface area contributed by atoms with E-state index in [2.05, 4.69) is 10.3 Å². The molecule has 114 valence electrons. The molecule has 0 saturated carbocycles. The Kier molecular flexibility index (Phi) is 4.23. The summed E-state index contributed by atoms with van der Waals surface area (Å²) in [5.41, 5.74) is 1.66. The molecule has 5 nitrogen and oxygen atoms in total. The summed E-state index contributed by atoms with van der Waals surface area (Å²) >= 11 is 0. The van der Waals surface area contributed by atoms with Crippen molar-refractivity contribution >= 4 is 11.6 Å². The van der Waals surface area contributed by atoms with Crippen LogP contribution in [0.1, 0.15) is 16.8 Å². The number of hydrogen-bond donors (Lipinski definition) is 1. The minimum absolute atomic E-state index is 0.0504. The number of ether oxygens (including phenoxy) is 1. The number of pyridine rings is 1. The third kappa shape index (κ3) is 3.19. The quantitative estimate of drug-likeness (QED) is 0.941. The van der Waals surface area contributed by atoms with E-state index in [0.717, 1.165) is 18.7 Å². The first-order chi connectivity index (χ1) is 10.8. The third-order valence-corrected chi connectivity index (χ3v) is 3.82. The predicted molar refractivity (Wildman–Crippen MR) is 85.2 cm³/mol. The van der Waals surface area contributed by atoms with Gasteiger partial charge in [-0.15, -0.1) is 0 Å². The number of hydrogen-bond acceptors (Lipinski definition) is 4. The van der Waals surface area contributed by atoms with E-state index in [1.807, 2.05) is 35.2 Å². The molecule has 0 bridgehead atoms. The number of nitrogens with one attached hydrogen (secondary N) is 1. The standard InChI is InChI=1S/C17H19N3O2/c1-22-16-6-2-4-13(10-16)17(21)20-9-7-15(12-20)19-14-5-3-8-18-11-14/h2-6,8,10-11,15,19H,7,9,12H2,1H3/t15-/m0/s1. The summed E-state index contributed by atoms with van der Waals surface area (Å²) in [6.45, 7) is 1.46. The molecule has 1 N–H and O–H groups in total. The van der Waals surface area contributed by atoms with Crippen molar-refractivity contribution < 1.29 is 9.53 Å².